The molecule has 3 fully saturated rings. The van der Waals surface area contributed by atoms with Crippen LogP contribution in [0.5, 0.6) is 11.8 Å². The number of hydrazine groups is 1. The third-order valence-electron chi connectivity index (χ3n) is 10.1. The van der Waals surface area contributed by atoms with Gasteiger partial charge in [-0.3, -0.25) is 19.7 Å². The van der Waals surface area contributed by atoms with Crippen LogP contribution in [-0.2, 0) is 9.53 Å². The second kappa shape index (κ2) is 13.6. The molecule has 4 aromatic rings. The van der Waals surface area contributed by atoms with Gasteiger partial charge in [0.05, 0.1) is 29.6 Å². The summed E-state index contributed by atoms with van der Waals surface area (Å²) in [6, 6.07) is 4.98. The summed E-state index contributed by atoms with van der Waals surface area (Å²) in [5.41, 5.74) is -2.10. The van der Waals surface area contributed by atoms with Crippen molar-refractivity contribution < 1.29 is 37.3 Å². The van der Waals surface area contributed by atoms with Crippen molar-refractivity contribution in [3.63, 3.8) is 0 Å². The summed E-state index contributed by atoms with van der Waals surface area (Å²) in [5.74, 6) is 0.286. The molecule has 278 valence electrons. The van der Waals surface area contributed by atoms with Crippen LogP contribution in [0.4, 0.5) is 23.8 Å². The molecule has 2 aromatic carbocycles. The van der Waals surface area contributed by atoms with Crippen LogP contribution in [-0.4, -0.2) is 110 Å². The van der Waals surface area contributed by atoms with Crippen molar-refractivity contribution in [1.82, 2.24) is 29.8 Å². The number of hydrogen-bond acceptors (Lipinski definition) is 10. The standard InChI is InChI=1S/C38H40F3N7O5/c1-6-26-29(40)9-8-23-16-25(50)17-27(30(23)26)32-31(41)33-28(19-42-32)34(44-35(43-33)52-21-38-10-7-11-46(38)20-24(39)18-38)47-14-12-45(22(2)49)13-15-48(47)36(51)53-37(3,4)5/h1,8-9,16-17,19,24,50H,7,10-15,18,20-21H2,2-5H3/t24-,38+/m1/s1. The number of phenols is 1. The molecule has 53 heavy (non-hydrogen) atoms. The molecule has 12 nitrogen and oxygen atoms in total. The number of amides is 2. The number of ether oxygens (including phenoxy) is 2. The lowest BCUT2D eigenvalue weighted by atomic mass is 9.95. The highest BCUT2D eigenvalue weighted by molar-refractivity contribution is 6.03. The lowest BCUT2D eigenvalue weighted by Gasteiger charge is -2.35. The van der Waals surface area contributed by atoms with Crippen LogP contribution < -0.4 is 9.75 Å². The van der Waals surface area contributed by atoms with Gasteiger partial charge in [0, 0.05) is 50.1 Å². The summed E-state index contributed by atoms with van der Waals surface area (Å²) in [6.45, 7) is 8.11. The molecule has 2 amide bonds. The minimum atomic E-state index is -1.02. The highest BCUT2D eigenvalue weighted by Crippen LogP contribution is 2.42. The number of terminal acetylenes is 1. The molecule has 0 bridgehead atoms. The number of halogens is 3. The molecule has 5 heterocycles. The van der Waals surface area contributed by atoms with E-state index < -0.39 is 35.0 Å². The maximum Gasteiger partial charge on any atom is 0.429 e. The minimum Gasteiger partial charge on any atom is -0.508 e. The molecule has 0 radical (unpaired) electrons. The van der Waals surface area contributed by atoms with E-state index in [4.69, 9.17) is 20.9 Å². The Morgan fingerprint density at radius 1 is 1.11 bits per heavy atom. The zero-order chi connectivity index (χ0) is 37.8. The molecular weight excluding hydrogens is 691 g/mol. The second-order valence-electron chi connectivity index (χ2n) is 14.8. The minimum absolute atomic E-state index is 0.0237. The topological polar surface area (TPSA) is 124 Å². The van der Waals surface area contributed by atoms with Crippen LogP contribution in [0.1, 0.15) is 52.5 Å². The van der Waals surface area contributed by atoms with Gasteiger partial charge >= 0.3 is 12.1 Å². The van der Waals surface area contributed by atoms with Gasteiger partial charge in [0.1, 0.15) is 41.2 Å². The van der Waals surface area contributed by atoms with E-state index in [1.54, 1.807) is 25.7 Å². The van der Waals surface area contributed by atoms with Crippen molar-refractivity contribution in [2.45, 2.75) is 64.3 Å². The predicted octanol–water partition coefficient (Wildman–Crippen LogP) is 5.59. The lowest BCUT2D eigenvalue weighted by molar-refractivity contribution is -0.128. The average molecular weight is 732 g/mol. The van der Waals surface area contributed by atoms with E-state index in [1.807, 2.05) is 0 Å². The number of aromatic hydroxyl groups is 1. The second-order valence-corrected chi connectivity index (χ2v) is 14.8. The molecule has 0 aliphatic carbocycles. The molecule has 0 saturated carbocycles. The van der Waals surface area contributed by atoms with Crippen LogP contribution in [0.2, 0.25) is 0 Å². The number of fused-ring (bicyclic) bond motifs is 3. The molecule has 2 aromatic heterocycles. The Morgan fingerprint density at radius 2 is 1.89 bits per heavy atom. The molecule has 0 unspecified atom stereocenters. The van der Waals surface area contributed by atoms with Crippen molar-refractivity contribution in [2.24, 2.45) is 0 Å². The van der Waals surface area contributed by atoms with Gasteiger partial charge in [-0.25, -0.2) is 23.0 Å². The van der Waals surface area contributed by atoms with Crippen molar-refractivity contribution >= 4 is 39.5 Å². The summed E-state index contributed by atoms with van der Waals surface area (Å²) in [4.78, 5) is 43.5. The van der Waals surface area contributed by atoms with Crippen LogP contribution in [0.3, 0.4) is 0 Å². The first-order valence-corrected chi connectivity index (χ1v) is 17.5. The Morgan fingerprint density at radius 3 is 2.62 bits per heavy atom. The molecule has 3 saturated heterocycles. The number of anilines is 1. The van der Waals surface area contributed by atoms with E-state index in [9.17, 15) is 23.5 Å². The Hall–Kier alpha value is -5.36. The number of hydrogen-bond donors (Lipinski definition) is 1. The largest absolute Gasteiger partial charge is 0.508 e. The monoisotopic (exact) mass is 731 g/mol. The first kappa shape index (κ1) is 36.0. The van der Waals surface area contributed by atoms with Crippen molar-refractivity contribution in [2.75, 3.05) is 50.9 Å². The number of phenolic OH excluding ortho intramolecular Hbond substituents is 1. The molecule has 15 heteroatoms. The molecule has 2 atom stereocenters. The molecule has 1 N–H and O–H groups in total. The zero-order valence-electron chi connectivity index (χ0n) is 30.0. The van der Waals surface area contributed by atoms with E-state index in [0.717, 1.165) is 13.0 Å². The number of carbonyl (C=O) groups excluding carboxylic acids is 2. The average Bonchev–Trinajstić information content (AvgIpc) is 3.51. The number of nitrogens with zero attached hydrogens (tertiary/aromatic N) is 7. The number of alkyl halides is 1. The summed E-state index contributed by atoms with van der Waals surface area (Å²) in [5, 5.41) is 14.0. The van der Waals surface area contributed by atoms with Crippen LogP contribution >= 0.6 is 0 Å². The number of pyridine rings is 1. The lowest BCUT2D eigenvalue weighted by Crippen LogP contribution is -2.50. The van der Waals surface area contributed by atoms with Crippen molar-refractivity contribution in [3.8, 4) is 35.4 Å². The fourth-order valence-electron chi connectivity index (χ4n) is 7.69. The fourth-order valence-corrected chi connectivity index (χ4v) is 7.69. The third-order valence-corrected chi connectivity index (χ3v) is 10.1. The SMILES string of the molecule is C#Cc1c(F)ccc2cc(O)cc(-c3ncc4c(N5CCN(C(C)=O)CCN5C(=O)OC(C)(C)C)nc(OC[C@@]56CCCN5C[C@H](F)C6)nc4c3F)c12. The molecule has 3 aliphatic heterocycles. The van der Waals surface area contributed by atoms with Gasteiger partial charge in [0.2, 0.25) is 5.91 Å². The fraction of sp³-hybridized carbons (Fsp3) is 0.447. The van der Waals surface area contributed by atoms with E-state index in [2.05, 4.69) is 20.8 Å². The first-order chi connectivity index (χ1) is 25.2. The summed E-state index contributed by atoms with van der Waals surface area (Å²) >= 11 is 0. The number of aromatic nitrogens is 3. The van der Waals surface area contributed by atoms with Gasteiger partial charge < -0.3 is 19.5 Å². The zero-order valence-corrected chi connectivity index (χ0v) is 30.0. The Labute approximate surface area is 304 Å². The maximum atomic E-state index is 17.1. The van der Waals surface area contributed by atoms with E-state index in [-0.39, 0.29) is 95.8 Å². The van der Waals surface area contributed by atoms with Crippen LogP contribution in [0.25, 0.3) is 32.9 Å². The van der Waals surface area contributed by atoms with Gasteiger partial charge in [-0.1, -0.05) is 12.0 Å². The number of benzene rings is 2. The Kier molecular flexibility index (Phi) is 9.22. The molecule has 7 rings (SSSR count). The summed E-state index contributed by atoms with van der Waals surface area (Å²) in [6.07, 6.45) is 7.12. The Bertz CT molecular complexity index is 2170. The van der Waals surface area contributed by atoms with Gasteiger partial charge in [0.25, 0.3) is 0 Å². The smallest absolute Gasteiger partial charge is 0.429 e. The summed E-state index contributed by atoms with van der Waals surface area (Å²) < 4.78 is 58.7. The van der Waals surface area contributed by atoms with Crippen LogP contribution in [0, 0.1) is 24.0 Å². The maximum absolute atomic E-state index is 17.1. The van der Waals surface area contributed by atoms with Gasteiger partial charge in [-0.2, -0.15) is 9.97 Å². The van der Waals surface area contributed by atoms with Crippen molar-refractivity contribution in [3.05, 3.63) is 47.7 Å². The molecular formula is C38H40F3N7O5. The van der Waals surface area contributed by atoms with E-state index in [0.29, 0.717) is 18.4 Å². The summed E-state index contributed by atoms with van der Waals surface area (Å²) in [7, 11) is 0. The van der Waals surface area contributed by atoms with Gasteiger partial charge in [-0.05, 0) is 63.7 Å². The highest BCUT2D eigenvalue weighted by Gasteiger charge is 2.49. The molecule has 0 spiro atoms. The number of rotatable bonds is 5. The predicted molar refractivity (Wildman–Crippen MR) is 191 cm³/mol. The quantitative estimate of drug-likeness (QED) is 0.260. The number of carbonyl (C=O) groups is 2. The van der Waals surface area contributed by atoms with Crippen LogP contribution in [0.15, 0.2) is 30.5 Å². The normalized spacial score (nSPS) is 20.8. The highest BCUT2D eigenvalue weighted by atomic mass is 19.1. The first-order valence-electron chi connectivity index (χ1n) is 17.5. The van der Waals surface area contributed by atoms with Gasteiger partial charge in [-0.15, -0.1) is 6.42 Å². The third kappa shape index (κ3) is 6.72. The van der Waals surface area contributed by atoms with E-state index in [1.165, 1.54) is 47.4 Å². The molecule has 3 aliphatic rings. The van der Waals surface area contributed by atoms with Crippen molar-refractivity contribution in [1.29, 1.82) is 0 Å². The van der Waals surface area contributed by atoms with Gasteiger partial charge in [0.15, 0.2) is 11.6 Å². The van der Waals surface area contributed by atoms with E-state index >= 15 is 4.39 Å². The Balaban J connectivity index is 1.41.